The predicted molar refractivity (Wildman–Crippen MR) is 67.5 cm³/mol. The summed E-state index contributed by atoms with van der Waals surface area (Å²) in [6, 6.07) is 1.60. The van der Waals surface area contributed by atoms with Crippen molar-refractivity contribution in [2.24, 2.45) is 0 Å². The Balaban J connectivity index is 2.05. The highest BCUT2D eigenvalue weighted by molar-refractivity contribution is 5.48. The SMILES string of the molecule is Cc1cc(CCN2CCNCC2)c(F)c(O)c1O. The molecular weight excluding hydrogens is 235 g/mol. The third-order valence-electron chi connectivity index (χ3n) is 3.39. The number of hydrogen-bond acceptors (Lipinski definition) is 4. The van der Waals surface area contributed by atoms with Gasteiger partial charge in [0, 0.05) is 32.7 Å². The van der Waals surface area contributed by atoms with Gasteiger partial charge in [-0.15, -0.1) is 0 Å². The number of nitrogens with one attached hydrogen (secondary N) is 1. The van der Waals surface area contributed by atoms with Gasteiger partial charge >= 0.3 is 0 Å². The first-order valence-electron chi connectivity index (χ1n) is 6.22. The molecular formula is C13H19FN2O2. The number of phenols is 2. The van der Waals surface area contributed by atoms with Crippen molar-refractivity contribution in [3.63, 3.8) is 0 Å². The number of hydrogen-bond donors (Lipinski definition) is 3. The van der Waals surface area contributed by atoms with Crippen molar-refractivity contribution in [1.29, 1.82) is 0 Å². The summed E-state index contributed by atoms with van der Waals surface area (Å²) in [5, 5.41) is 22.1. The normalized spacial score (nSPS) is 17.0. The van der Waals surface area contributed by atoms with Crippen molar-refractivity contribution < 1.29 is 14.6 Å². The van der Waals surface area contributed by atoms with Crippen LogP contribution >= 0.6 is 0 Å². The largest absolute Gasteiger partial charge is 0.504 e. The van der Waals surface area contributed by atoms with E-state index in [1.54, 1.807) is 13.0 Å². The number of benzene rings is 1. The molecule has 1 aromatic carbocycles. The van der Waals surface area contributed by atoms with E-state index in [0.29, 0.717) is 17.5 Å². The molecule has 1 aliphatic rings. The molecule has 5 heteroatoms. The molecule has 1 fully saturated rings. The van der Waals surface area contributed by atoms with Crippen LogP contribution in [0.1, 0.15) is 11.1 Å². The maximum Gasteiger partial charge on any atom is 0.194 e. The third-order valence-corrected chi connectivity index (χ3v) is 3.39. The molecule has 0 radical (unpaired) electrons. The fourth-order valence-corrected chi connectivity index (χ4v) is 2.23. The Labute approximate surface area is 106 Å². The van der Waals surface area contributed by atoms with Crippen LogP contribution in [0.25, 0.3) is 0 Å². The Morgan fingerprint density at radius 3 is 2.61 bits per heavy atom. The summed E-state index contributed by atoms with van der Waals surface area (Å²) in [5.41, 5.74) is 0.963. The van der Waals surface area contributed by atoms with Crippen LogP contribution in [0.5, 0.6) is 11.5 Å². The minimum absolute atomic E-state index is 0.363. The number of aryl methyl sites for hydroxylation is 1. The van der Waals surface area contributed by atoms with Gasteiger partial charge in [0.25, 0.3) is 0 Å². The number of nitrogens with zero attached hydrogens (tertiary/aromatic N) is 1. The minimum Gasteiger partial charge on any atom is -0.504 e. The fraction of sp³-hybridized carbons (Fsp3) is 0.538. The lowest BCUT2D eigenvalue weighted by molar-refractivity contribution is 0.243. The molecule has 0 aromatic heterocycles. The number of halogens is 1. The second kappa shape index (κ2) is 5.54. The average molecular weight is 254 g/mol. The first kappa shape index (κ1) is 13.1. The van der Waals surface area contributed by atoms with Gasteiger partial charge in [-0.2, -0.15) is 0 Å². The van der Waals surface area contributed by atoms with E-state index in [2.05, 4.69) is 10.2 Å². The molecule has 1 saturated heterocycles. The summed E-state index contributed by atoms with van der Waals surface area (Å²) in [4.78, 5) is 2.26. The van der Waals surface area contributed by atoms with Crippen LogP contribution in [0.2, 0.25) is 0 Å². The van der Waals surface area contributed by atoms with E-state index in [1.807, 2.05) is 0 Å². The van der Waals surface area contributed by atoms with Crippen molar-refractivity contribution in [3.8, 4) is 11.5 Å². The van der Waals surface area contributed by atoms with E-state index in [-0.39, 0.29) is 5.75 Å². The quantitative estimate of drug-likeness (QED) is 0.704. The second-order valence-corrected chi connectivity index (χ2v) is 4.71. The molecule has 100 valence electrons. The van der Waals surface area contributed by atoms with Crippen LogP contribution in [-0.4, -0.2) is 47.8 Å². The summed E-state index contributed by atoms with van der Waals surface area (Å²) in [6.07, 6.45) is 0.542. The highest BCUT2D eigenvalue weighted by atomic mass is 19.1. The molecule has 3 N–H and O–H groups in total. The van der Waals surface area contributed by atoms with Gasteiger partial charge in [-0.05, 0) is 30.5 Å². The van der Waals surface area contributed by atoms with Gasteiger partial charge in [0.1, 0.15) is 0 Å². The minimum atomic E-state index is -0.701. The molecule has 0 unspecified atom stereocenters. The van der Waals surface area contributed by atoms with Gasteiger partial charge in [0.15, 0.2) is 17.3 Å². The van der Waals surface area contributed by atoms with Crippen molar-refractivity contribution >= 4 is 0 Å². The number of phenolic OH excluding ortho intramolecular Hbond substituents is 2. The van der Waals surface area contributed by atoms with Crippen molar-refractivity contribution in [2.45, 2.75) is 13.3 Å². The predicted octanol–water partition coefficient (Wildman–Crippen LogP) is 0.993. The molecule has 0 aliphatic carbocycles. The Hall–Kier alpha value is -1.33. The van der Waals surface area contributed by atoms with E-state index in [1.165, 1.54) is 0 Å². The summed E-state index contributed by atoms with van der Waals surface area (Å²) < 4.78 is 13.8. The van der Waals surface area contributed by atoms with E-state index in [4.69, 9.17) is 0 Å². The van der Waals surface area contributed by atoms with Crippen LogP contribution in [0.3, 0.4) is 0 Å². The first-order chi connectivity index (χ1) is 8.59. The molecule has 0 saturated carbocycles. The van der Waals surface area contributed by atoms with E-state index in [0.717, 1.165) is 32.7 Å². The van der Waals surface area contributed by atoms with Crippen molar-refractivity contribution in [2.75, 3.05) is 32.7 Å². The van der Waals surface area contributed by atoms with Crippen molar-refractivity contribution in [3.05, 3.63) is 23.0 Å². The topological polar surface area (TPSA) is 55.7 Å². The lowest BCUT2D eigenvalue weighted by Gasteiger charge is -2.27. The molecule has 1 aromatic rings. The smallest absolute Gasteiger partial charge is 0.194 e. The summed E-state index contributed by atoms with van der Waals surface area (Å²) in [7, 11) is 0. The Morgan fingerprint density at radius 2 is 1.94 bits per heavy atom. The Morgan fingerprint density at radius 1 is 1.28 bits per heavy atom. The first-order valence-corrected chi connectivity index (χ1v) is 6.22. The van der Waals surface area contributed by atoms with E-state index < -0.39 is 11.6 Å². The lowest BCUT2D eigenvalue weighted by Crippen LogP contribution is -2.44. The van der Waals surface area contributed by atoms with Gasteiger partial charge in [0.2, 0.25) is 0 Å². The number of aromatic hydroxyl groups is 2. The lowest BCUT2D eigenvalue weighted by atomic mass is 10.1. The summed E-state index contributed by atoms with van der Waals surface area (Å²) in [6.45, 7) is 6.27. The van der Waals surface area contributed by atoms with Gasteiger partial charge in [0.05, 0.1) is 0 Å². The van der Waals surface area contributed by atoms with Crippen LogP contribution in [-0.2, 0) is 6.42 Å². The second-order valence-electron chi connectivity index (χ2n) is 4.71. The van der Waals surface area contributed by atoms with E-state index in [9.17, 15) is 14.6 Å². The monoisotopic (exact) mass is 254 g/mol. The highest BCUT2D eigenvalue weighted by Crippen LogP contribution is 2.33. The van der Waals surface area contributed by atoms with Gasteiger partial charge in [-0.3, -0.25) is 0 Å². The van der Waals surface area contributed by atoms with Crippen LogP contribution in [0.15, 0.2) is 6.07 Å². The van der Waals surface area contributed by atoms with Gasteiger partial charge < -0.3 is 20.4 Å². The maximum atomic E-state index is 13.8. The zero-order valence-electron chi connectivity index (χ0n) is 10.5. The molecule has 0 amide bonds. The zero-order valence-corrected chi connectivity index (χ0v) is 10.5. The number of rotatable bonds is 3. The molecule has 0 bridgehead atoms. The van der Waals surface area contributed by atoms with Crippen molar-refractivity contribution in [1.82, 2.24) is 10.2 Å². The number of piperazine rings is 1. The van der Waals surface area contributed by atoms with Gasteiger partial charge in [-0.1, -0.05) is 0 Å². The zero-order chi connectivity index (χ0) is 13.1. The molecule has 0 spiro atoms. The van der Waals surface area contributed by atoms with Crippen LogP contribution in [0, 0.1) is 12.7 Å². The Kier molecular flexibility index (Phi) is 4.04. The van der Waals surface area contributed by atoms with Crippen LogP contribution in [0.4, 0.5) is 4.39 Å². The van der Waals surface area contributed by atoms with Gasteiger partial charge in [-0.25, -0.2) is 4.39 Å². The summed E-state index contributed by atoms with van der Waals surface area (Å²) in [5.74, 6) is -1.70. The maximum absolute atomic E-state index is 13.8. The molecule has 1 heterocycles. The molecule has 1 aliphatic heterocycles. The summed E-state index contributed by atoms with van der Waals surface area (Å²) >= 11 is 0. The molecule has 4 nitrogen and oxygen atoms in total. The molecule has 2 rings (SSSR count). The third kappa shape index (κ3) is 2.73. The molecule has 0 atom stereocenters. The standard InChI is InChI=1S/C13H19FN2O2/c1-9-8-10(11(14)13(18)12(9)17)2-5-16-6-3-15-4-7-16/h8,15,17-18H,2-7H2,1H3. The highest BCUT2D eigenvalue weighted by Gasteiger charge is 2.16. The van der Waals surface area contributed by atoms with Crippen LogP contribution < -0.4 is 5.32 Å². The fourth-order valence-electron chi connectivity index (χ4n) is 2.23. The van der Waals surface area contributed by atoms with E-state index >= 15 is 0 Å². The Bertz CT molecular complexity index is 431. The molecule has 18 heavy (non-hydrogen) atoms. The average Bonchev–Trinajstić information content (AvgIpc) is 2.40.